The van der Waals surface area contributed by atoms with Crippen molar-refractivity contribution in [1.82, 2.24) is 0 Å². The molecule has 11 nitrogen and oxygen atoms in total. The molecule has 37 heavy (non-hydrogen) atoms. The van der Waals surface area contributed by atoms with Crippen LogP contribution in [0.2, 0.25) is 0 Å². The van der Waals surface area contributed by atoms with E-state index in [0.717, 1.165) is 18.2 Å². The fraction of sp³-hybridized carbons (Fsp3) is 0.462. The predicted molar refractivity (Wildman–Crippen MR) is 129 cm³/mol. The lowest BCUT2D eigenvalue weighted by atomic mass is 9.61. The maximum atomic E-state index is 11.6. The predicted octanol–water partition coefficient (Wildman–Crippen LogP) is 2.10. The molecule has 2 aliphatic rings. The van der Waals surface area contributed by atoms with Gasteiger partial charge in [0.05, 0.1) is 11.2 Å². The number of aliphatic hydroxyl groups is 4. The molecule has 5 unspecified atom stereocenters. The molecule has 202 valence electrons. The van der Waals surface area contributed by atoms with Crippen LogP contribution in [0.4, 0.5) is 0 Å². The van der Waals surface area contributed by atoms with Gasteiger partial charge in [0.25, 0.3) is 0 Å². The van der Waals surface area contributed by atoms with E-state index >= 15 is 0 Å². The average molecular weight is 521 g/mol. The third-order valence-corrected chi connectivity index (χ3v) is 8.01. The molecule has 5 atom stereocenters. The molecular weight excluding hydrogens is 488 g/mol. The Morgan fingerprint density at radius 3 is 1.97 bits per heavy atom. The highest BCUT2D eigenvalue weighted by Gasteiger charge is 2.74. The van der Waals surface area contributed by atoms with Gasteiger partial charge in [-0.3, -0.25) is 0 Å². The zero-order valence-corrected chi connectivity index (χ0v) is 21.3. The van der Waals surface area contributed by atoms with E-state index in [-0.39, 0.29) is 28.4 Å². The highest BCUT2D eigenvalue weighted by molar-refractivity contribution is 5.72. The third kappa shape index (κ3) is 3.61. The number of rotatable bonds is 3. The van der Waals surface area contributed by atoms with Crippen LogP contribution in [0.15, 0.2) is 36.1 Å². The van der Waals surface area contributed by atoms with Gasteiger partial charge in [-0.15, -0.1) is 0 Å². The first-order chi connectivity index (χ1) is 16.8. The maximum Gasteiger partial charge on any atom is 0.239 e. The summed E-state index contributed by atoms with van der Waals surface area (Å²) in [5.41, 5.74) is -8.08. The first-order valence-corrected chi connectivity index (χ1v) is 11.5. The average Bonchev–Trinajstić information content (AvgIpc) is 2.75. The second-order valence-electron chi connectivity index (χ2n) is 10.7. The normalized spacial score (nSPS) is 35.0. The van der Waals surface area contributed by atoms with Gasteiger partial charge in [0.1, 0.15) is 34.6 Å². The van der Waals surface area contributed by atoms with E-state index in [1.807, 2.05) is 0 Å². The van der Waals surface area contributed by atoms with Crippen LogP contribution < -0.4 is 4.74 Å². The van der Waals surface area contributed by atoms with Gasteiger partial charge in [0, 0.05) is 24.6 Å². The van der Waals surface area contributed by atoms with Crippen molar-refractivity contribution in [2.24, 2.45) is 0 Å². The van der Waals surface area contributed by atoms with Gasteiger partial charge in [-0.05, 0) is 52.8 Å². The number of hydrogen-bond donors (Lipinski definition) is 8. The van der Waals surface area contributed by atoms with Crippen LogP contribution in [-0.4, -0.2) is 69.0 Å². The molecule has 0 radical (unpaired) electrons. The summed E-state index contributed by atoms with van der Waals surface area (Å²) in [6, 6.07) is 5.78. The molecule has 0 bridgehead atoms. The minimum Gasteiger partial charge on any atom is -0.508 e. The van der Waals surface area contributed by atoms with Crippen LogP contribution in [-0.2, 0) is 9.47 Å². The van der Waals surface area contributed by atoms with Crippen molar-refractivity contribution in [3.63, 3.8) is 0 Å². The number of ether oxygens (including phenoxy) is 3. The first-order valence-electron chi connectivity index (χ1n) is 11.5. The van der Waals surface area contributed by atoms with Crippen molar-refractivity contribution in [1.29, 1.82) is 0 Å². The molecule has 2 aliphatic heterocycles. The zero-order valence-electron chi connectivity index (χ0n) is 21.3. The minimum atomic E-state index is -2.31. The standard InChI is InChI=1S/C26H32O11/c1-22(2)23(3,32)24(4,33)25(5,34)26(6,37-22)36-21-19(31)18-16(30)10-13(27)11-17(18)35-20(21)12-7-8-14(28)15(29)9-12/h7-11,19,27-34H,1-6H3. The second-order valence-corrected chi connectivity index (χ2v) is 10.7. The largest absolute Gasteiger partial charge is 0.508 e. The molecule has 1 saturated heterocycles. The maximum absolute atomic E-state index is 11.6. The summed E-state index contributed by atoms with van der Waals surface area (Å²) in [7, 11) is 0. The van der Waals surface area contributed by atoms with Gasteiger partial charge < -0.3 is 55.1 Å². The molecular formula is C26H32O11. The van der Waals surface area contributed by atoms with E-state index in [1.54, 1.807) is 0 Å². The summed E-state index contributed by atoms with van der Waals surface area (Å²) < 4.78 is 18.1. The Labute approximate surface area is 213 Å². The first kappa shape index (κ1) is 26.8. The minimum absolute atomic E-state index is 0.106. The van der Waals surface area contributed by atoms with Crippen molar-refractivity contribution in [3.8, 4) is 28.7 Å². The molecule has 2 heterocycles. The number of fused-ring (bicyclic) bond motifs is 1. The Bertz CT molecular complexity index is 1290. The van der Waals surface area contributed by atoms with E-state index in [1.165, 1.54) is 53.7 Å². The van der Waals surface area contributed by atoms with Crippen molar-refractivity contribution in [3.05, 3.63) is 47.2 Å². The van der Waals surface area contributed by atoms with E-state index in [4.69, 9.17) is 14.2 Å². The van der Waals surface area contributed by atoms with Crippen LogP contribution in [0, 0.1) is 0 Å². The quantitative estimate of drug-likeness (QED) is 0.277. The van der Waals surface area contributed by atoms with Gasteiger partial charge in [-0.1, -0.05) is 0 Å². The number of aliphatic hydroxyl groups excluding tert-OH is 1. The van der Waals surface area contributed by atoms with Crippen LogP contribution in [0.5, 0.6) is 28.7 Å². The Kier molecular flexibility index (Phi) is 5.72. The van der Waals surface area contributed by atoms with Crippen molar-refractivity contribution >= 4 is 5.76 Å². The van der Waals surface area contributed by atoms with Gasteiger partial charge >= 0.3 is 0 Å². The highest BCUT2D eigenvalue weighted by Crippen LogP contribution is 2.56. The van der Waals surface area contributed by atoms with E-state index in [2.05, 4.69) is 0 Å². The Morgan fingerprint density at radius 1 is 0.757 bits per heavy atom. The monoisotopic (exact) mass is 520 g/mol. The summed E-state index contributed by atoms with van der Waals surface area (Å²) in [5, 5.41) is 85.7. The lowest BCUT2D eigenvalue weighted by molar-refractivity contribution is -0.446. The molecule has 8 N–H and O–H groups in total. The lowest BCUT2D eigenvalue weighted by Crippen LogP contribution is -2.83. The van der Waals surface area contributed by atoms with E-state index < -0.39 is 57.3 Å². The molecule has 0 aliphatic carbocycles. The van der Waals surface area contributed by atoms with Gasteiger partial charge in [0.15, 0.2) is 28.6 Å². The molecule has 2 aromatic carbocycles. The molecule has 0 aromatic heterocycles. The van der Waals surface area contributed by atoms with Crippen molar-refractivity contribution in [2.75, 3.05) is 0 Å². The van der Waals surface area contributed by atoms with Gasteiger partial charge in [-0.25, -0.2) is 0 Å². The highest BCUT2D eigenvalue weighted by atomic mass is 16.7. The molecule has 0 spiro atoms. The smallest absolute Gasteiger partial charge is 0.239 e. The molecule has 4 rings (SSSR count). The third-order valence-electron chi connectivity index (χ3n) is 8.01. The Morgan fingerprint density at radius 2 is 1.38 bits per heavy atom. The van der Waals surface area contributed by atoms with Crippen molar-refractivity contribution < 1.29 is 55.1 Å². The summed E-state index contributed by atoms with van der Waals surface area (Å²) in [6.45, 7) is 8.01. The van der Waals surface area contributed by atoms with Gasteiger partial charge in [0.2, 0.25) is 5.79 Å². The van der Waals surface area contributed by atoms with E-state index in [9.17, 15) is 40.9 Å². The number of phenols is 4. The SMILES string of the molecule is CC1(C)OC(C)(OC2=C(c3ccc(O)c(O)c3)Oc3cc(O)cc(O)c3C2O)C(C)(O)C(C)(O)C1(C)O. The summed E-state index contributed by atoms with van der Waals surface area (Å²) in [6.07, 6.45) is -1.75. The van der Waals surface area contributed by atoms with Crippen LogP contribution >= 0.6 is 0 Å². The Hall–Kier alpha value is -3.22. The van der Waals surface area contributed by atoms with Crippen molar-refractivity contribution in [2.45, 2.75) is 75.8 Å². The molecule has 0 saturated carbocycles. The summed E-state index contributed by atoms with van der Waals surface area (Å²) in [4.78, 5) is 0. The number of phenolic OH excluding ortho intramolecular Hbond substituents is 4. The number of hydrogen-bond acceptors (Lipinski definition) is 11. The van der Waals surface area contributed by atoms with E-state index in [0.29, 0.717) is 0 Å². The molecule has 1 fully saturated rings. The molecule has 0 amide bonds. The number of benzene rings is 2. The topological polar surface area (TPSA) is 190 Å². The second kappa shape index (κ2) is 7.89. The van der Waals surface area contributed by atoms with Crippen LogP contribution in [0.1, 0.15) is 58.8 Å². The Balaban J connectivity index is 1.94. The van der Waals surface area contributed by atoms with Crippen LogP contribution in [0.3, 0.4) is 0 Å². The van der Waals surface area contributed by atoms with Crippen LogP contribution in [0.25, 0.3) is 5.76 Å². The zero-order chi connectivity index (χ0) is 27.9. The lowest BCUT2D eigenvalue weighted by Gasteiger charge is -2.64. The number of aromatic hydroxyl groups is 4. The fourth-order valence-electron chi connectivity index (χ4n) is 4.86. The molecule has 2 aromatic rings. The summed E-state index contributed by atoms with van der Waals surface area (Å²) in [5.74, 6) is -4.69. The molecule has 11 heteroatoms. The summed E-state index contributed by atoms with van der Waals surface area (Å²) >= 11 is 0. The van der Waals surface area contributed by atoms with Gasteiger partial charge in [-0.2, -0.15) is 0 Å². The fourth-order valence-corrected chi connectivity index (χ4v) is 4.86.